The van der Waals surface area contributed by atoms with E-state index in [0.717, 1.165) is 10.8 Å². The smallest absolute Gasteiger partial charge is 0.271 e. The van der Waals surface area contributed by atoms with Crippen molar-refractivity contribution in [1.29, 1.82) is 0 Å². The highest BCUT2D eigenvalue weighted by Gasteiger charge is 2.46. The van der Waals surface area contributed by atoms with Gasteiger partial charge >= 0.3 is 0 Å². The van der Waals surface area contributed by atoms with Crippen LogP contribution in [0.5, 0.6) is 0 Å². The average molecular weight is 526 g/mol. The quantitative estimate of drug-likeness (QED) is 0.313. The van der Waals surface area contributed by atoms with Gasteiger partial charge in [-0.1, -0.05) is 62.8 Å². The van der Waals surface area contributed by atoms with E-state index in [1.165, 1.54) is 0 Å². The predicted molar refractivity (Wildman–Crippen MR) is 142 cm³/mol. The van der Waals surface area contributed by atoms with Crippen LogP contribution in [0.2, 0.25) is 6.55 Å². The van der Waals surface area contributed by atoms with Gasteiger partial charge in [-0.25, -0.2) is 18.1 Å². The fraction of sp³-hybridized carbons (Fsp3) is 0.520. The summed E-state index contributed by atoms with van der Waals surface area (Å²) >= 11 is 0. The normalized spacial score (nSPS) is 13.0. The van der Waals surface area contributed by atoms with Gasteiger partial charge in [0.2, 0.25) is 0 Å². The van der Waals surface area contributed by atoms with Crippen molar-refractivity contribution >= 4 is 45.7 Å². The Kier molecular flexibility index (Phi) is 10.8. The van der Waals surface area contributed by atoms with Crippen LogP contribution >= 0.6 is 15.9 Å². The molecular formula is C25H39O6P2Si. The molecule has 2 aromatic carbocycles. The highest BCUT2D eigenvalue weighted by molar-refractivity contribution is 7.70. The molecule has 1 radical (unpaired) electrons. The zero-order valence-electron chi connectivity index (χ0n) is 21.7. The zero-order valence-corrected chi connectivity index (χ0v) is 24.5. The molecule has 0 spiro atoms. The molecule has 0 aliphatic heterocycles. The molecule has 0 atom stereocenters. The average Bonchev–Trinajstić information content (AvgIpc) is 2.78. The third kappa shape index (κ3) is 6.73. The Morgan fingerprint density at radius 3 is 1.44 bits per heavy atom. The van der Waals surface area contributed by atoms with Crippen LogP contribution in [0.15, 0.2) is 42.5 Å². The molecule has 189 valence electrons. The van der Waals surface area contributed by atoms with Gasteiger partial charge in [0.1, 0.15) is 8.80 Å². The molecule has 0 N–H and O–H groups in total. The van der Waals surface area contributed by atoms with Crippen molar-refractivity contribution in [3.05, 3.63) is 48.0 Å². The first-order valence-corrected chi connectivity index (χ1v) is 16.9. The number of rotatable bonds is 12. The molecule has 9 heteroatoms. The Labute approximate surface area is 208 Å². The van der Waals surface area contributed by atoms with Crippen LogP contribution in [0.25, 0.3) is 0 Å². The van der Waals surface area contributed by atoms with E-state index < -0.39 is 24.7 Å². The monoisotopic (exact) mass is 525 g/mol. The summed E-state index contributed by atoms with van der Waals surface area (Å²) in [6.45, 7) is 16.3. The molecule has 34 heavy (non-hydrogen) atoms. The van der Waals surface area contributed by atoms with E-state index in [-0.39, 0.29) is 31.8 Å². The summed E-state index contributed by atoms with van der Waals surface area (Å²) in [7, 11) is -9.01. The van der Waals surface area contributed by atoms with Gasteiger partial charge in [-0.05, 0) is 50.8 Å². The highest BCUT2D eigenvalue weighted by atomic mass is 31.2. The third-order valence-corrected chi connectivity index (χ3v) is 12.5. The lowest BCUT2D eigenvalue weighted by atomic mass is 9.87. The minimum absolute atomic E-state index is 0.220. The lowest BCUT2D eigenvalue weighted by molar-refractivity contribution is -0.213. The van der Waals surface area contributed by atoms with Gasteiger partial charge in [-0.15, -0.1) is 0 Å². The lowest BCUT2D eigenvalue weighted by Crippen LogP contribution is -2.58. The van der Waals surface area contributed by atoms with E-state index >= 15 is 0 Å². The van der Waals surface area contributed by atoms with E-state index in [0.29, 0.717) is 15.8 Å². The Morgan fingerprint density at radius 1 is 0.735 bits per heavy atom. The second-order valence-electron chi connectivity index (χ2n) is 8.80. The van der Waals surface area contributed by atoms with Gasteiger partial charge in [0, 0.05) is 5.19 Å². The molecule has 2 aromatic rings. The molecule has 0 unspecified atom stereocenters. The molecule has 6 nitrogen and oxygen atoms in total. The molecule has 2 rings (SSSR count). The van der Waals surface area contributed by atoms with Gasteiger partial charge in [0.05, 0.1) is 26.4 Å². The Morgan fingerprint density at radius 2 is 1.12 bits per heavy atom. The highest BCUT2D eigenvalue weighted by Crippen LogP contribution is 2.54. The Bertz CT molecular complexity index is 864. The van der Waals surface area contributed by atoms with E-state index in [1.54, 1.807) is 27.7 Å². The van der Waals surface area contributed by atoms with E-state index in [1.807, 2.05) is 42.5 Å². The first-order valence-electron chi connectivity index (χ1n) is 11.8. The van der Waals surface area contributed by atoms with Crippen molar-refractivity contribution in [3.63, 3.8) is 0 Å². The summed E-state index contributed by atoms with van der Waals surface area (Å²) in [5.41, 5.74) is 0.547. The van der Waals surface area contributed by atoms with Gasteiger partial charge in [0.25, 0.3) is 15.9 Å². The molecule has 0 saturated heterocycles. The molecule has 0 heterocycles. The van der Waals surface area contributed by atoms with Crippen molar-refractivity contribution in [1.82, 2.24) is 0 Å². The maximum Gasteiger partial charge on any atom is 0.271 e. The molecule has 0 aromatic heterocycles. The van der Waals surface area contributed by atoms with E-state index in [4.69, 9.17) is 18.1 Å². The topological polar surface area (TPSA) is 83.0 Å². The van der Waals surface area contributed by atoms with Gasteiger partial charge in [0.15, 0.2) is 10.6 Å². The maximum atomic E-state index is 14.2. The van der Waals surface area contributed by atoms with Crippen LogP contribution in [-0.2, 0) is 23.5 Å². The first kappa shape index (κ1) is 29.5. The SMILES string of the molecule is CCO[P+]([O-])(OCC)c1cc(C(C)(C)C)cc([P+]([O-])(OCC)OCC)c1[Si](C)c1ccccc1. The minimum atomic E-state index is -3.72. The van der Waals surface area contributed by atoms with Crippen molar-refractivity contribution in [2.45, 2.75) is 60.4 Å². The van der Waals surface area contributed by atoms with Crippen molar-refractivity contribution in [2.24, 2.45) is 0 Å². The third-order valence-electron chi connectivity index (χ3n) is 5.33. The Hall–Kier alpha value is -0.723. The predicted octanol–water partition coefficient (Wildman–Crippen LogP) is 2.87. The number of hydrogen-bond donors (Lipinski definition) is 0. The molecule has 0 saturated carbocycles. The second-order valence-corrected chi connectivity index (χ2v) is 15.1. The fourth-order valence-electron chi connectivity index (χ4n) is 3.73. The summed E-state index contributed by atoms with van der Waals surface area (Å²) in [5.74, 6) is 0. The van der Waals surface area contributed by atoms with Crippen LogP contribution in [-0.4, -0.2) is 35.2 Å². The summed E-state index contributed by atoms with van der Waals surface area (Å²) < 4.78 is 23.3. The van der Waals surface area contributed by atoms with Gasteiger partial charge in [-0.2, -0.15) is 0 Å². The second kappa shape index (κ2) is 12.5. The van der Waals surface area contributed by atoms with Crippen LogP contribution in [0.3, 0.4) is 0 Å². The molecule has 0 bridgehead atoms. The zero-order chi connectivity index (χ0) is 25.6. The maximum absolute atomic E-state index is 14.2. The minimum Gasteiger partial charge on any atom is -0.627 e. The van der Waals surface area contributed by atoms with Crippen LogP contribution in [0.1, 0.15) is 54.0 Å². The van der Waals surface area contributed by atoms with Crippen LogP contribution < -0.4 is 30.8 Å². The van der Waals surface area contributed by atoms with Crippen molar-refractivity contribution < 1.29 is 27.9 Å². The van der Waals surface area contributed by atoms with Crippen LogP contribution in [0, 0.1) is 0 Å². The largest absolute Gasteiger partial charge is 0.627 e. The van der Waals surface area contributed by atoms with Crippen molar-refractivity contribution in [3.8, 4) is 0 Å². The number of hydrogen-bond acceptors (Lipinski definition) is 6. The summed E-state index contributed by atoms with van der Waals surface area (Å²) in [5, 5.41) is 2.70. The van der Waals surface area contributed by atoms with Crippen molar-refractivity contribution in [2.75, 3.05) is 26.4 Å². The lowest BCUT2D eigenvalue weighted by Gasteiger charge is -2.35. The fourth-order valence-corrected chi connectivity index (χ4v) is 11.0. The first-order chi connectivity index (χ1) is 16.0. The van der Waals surface area contributed by atoms with E-state index in [9.17, 15) is 9.79 Å². The Balaban J connectivity index is 3.04. The summed E-state index contributed by atoms with van der Waals surface area (Å²) in [6.07, 6.45) is 0. The molecular weight excluding hydrogens is 486 g/mol. The standard InChI is InChI=1S/C25H39O6P2Si/c1-9-28-32(26,29-10-2)22-18-20(25(5,6)7)19-23(33(27,30-11-3)31-12-4)24(22)34(8)21-16-14-13-15-17-21/h13-19H,9-12H2,1-8H3. The summed E-state index contributed by atoms with van der Waals surface area (Å²) in [6, 6.07) is 13.8. The summed E-state index contributed by atoms with van der Waals surface area (Å²) in [4.78, 5) is 28.5. The molecule has 0 fully saturated rings. The molecule has 0 aliphatic carbocycles. The van der Waals surface area contributed by atoms with E-state index in [2.05, 4.69) is 27.3 Å². The molecule has 0 aliphatic rings. The van der Waals surface area contributed by atoms with Gasteiger partial charge in [-0.3, -0.25) is 0 Å². The van der Waals surface area contributed by atoms with Crippen LogP contribution in [0.4, 0.5) is 0 Å². The van der Waals surface area contributed by atoms with Gasteiger partial charge < -0.3 is 9.79 Å². The number of benzene rings is 2. The molecule has 0 amide bonds.